The van der Waals surface area contributed by atoms with E-state index >= 15 is 0 Å². The van der Waals surface area contributed by atoms with Crippen LogP contribution >= 0.6 is 0 Å². The molecular formula is C13H18N. The van der Waals surface area contributed by atoms with Gasteiger partial charge >= 0.3 is 0 Å². The lowest BCUT2D eigenvalue weighted by molar-refractivity contribution is 0.407. The Morgan fingerprint density at radius 3 is 2.93 bits per heavy atom. The summed E-state index contributed by atoms with van der Waals surface area (Å²) in [6.07, 6.45) is 2.32. The van der Waals surface area contributed by atoms with Crippen molar-refractivity contribution in [3.8, 4) is 0 Å². The predicted octanol–water partition coefficient (Wildman–Crippen LogP) is 2.93. The molecule has 1 heterocycles. The number of hydrogen-bond acceptors (Lipinski definition) is 0. The minimum Gasteiger partial charge on any atom is -0.233 e. The average Bonchev–Trinajstić information content (AvgIpc) is 2.18. The van der Waals surface area contributed by atoms with Gasteiger partial charge in [-0.1, -0.05) is 38.1 Å². The van der Waals surface area contributed by atoms with Crippen LogP contribution in [0.4, 0.5) is 0 Å². The van der Waals surface area contributed by atoms with Crippen LogP contribution in [-0.4, -0.2) is 6.54 Å². The molecule has 0 fully saturated rings. The van der Waals surface area contributed by atoms with Gasteiger partial charge in [0.05, 0.1) is 6.04 Å². The number of fused-ring (bicyclic) bond motifs is 1. The fourth-order valence-electron chi connectivity index (χ4n) is 2.17. The highest BCUT2D eigenvalue weighted by Gasteiger charge is 2.20. The van der Waals surface area contributed by atoms with E-state index in [2.05, 4.69) is 38.1 Å². The van der Waals surface area contributed by atoms with E-state index in [4.69, 9.17) is 5.32 Å². The molecule has 1 unspecified atom stereocenters. The maximum Gasteiger partial charge on any atom is 0.0500 e. The van der Waals surface area contributed by atoms with Crippen LogP contribution in [0, 0.1) is 5.92 Å². The SMILES string of the molecule is CC(C)CC1[N]CCc2ccccc21. The molecule has 0 spiro atoms. The van der Waals surface area contributed by atoms with Crippen molar-refractivity contribution in [2.24, 2.45) is 5.92 Å². The second-order valence-corrected chi connectivity index (χ2v) is 4.50. The van der Waals surface area contributed by atoms with Gasteiger partial charge in [-0.15, -0.1) is 0 Å². The molecule has 0 saturated heterocycles. The van der Waals surface area contributed by atoms with Crippen LogP contribution in [-0.2, 0) is 6.42 Å². The fourth-order valence-corrected chi connectivity index (χ4v) is 2.17. The zero-order valence-electron chi connectivity index (χ0n) is 9.03. The lowest BCUT2D eigenvalue weighted by atomic mass is 9.89. The monoisotopic (exact) mass is 188 g/mol. The van der Waals surface area contributed by atoms with E-state index in [-0.39, 0.29) is 0 Å². The fraction of sp³-hybridized carbons (Fsp3) is 0.538. The summed E-state index contributed by atoms with van der Waals surface area (Å²) in [5, 5.41) is 4.71. The van der Waals surface area contributed by atoms with Crippen LogP contribution in [0.2, 0.25) is 0 Å². The summed E-state index contributed by atoms with van der Waals surface area (Å²) < 4.78 is 0. The van der Waals surface area contributed by atoms with Gasteiger partial charge in [0.15, 0.2) is 0 Å². The Kier molecular flexibility index (Phi) is 2.87. The molecule has 2 rings (SSSR count). The molecule has 14 heavy (non-hydrogen) atoms. The van der Waals surface area contributed by atoms with Gasteiger partial charge in [0.2, 0.25) is 0 Å². The number of rotatable bonds is 2. The Labute approximate surface area is 86.5 Å². The van der Waals surface area contributed by atoms with Crippen molar-refractivity contribution in [3.63, 3.8) is 0 Å². The van der Waals surface area contributed by atoms with Crippen molar-refractivity contribution in [3.05, 3.63) is 35.4 Å². The molecule has 1 aliphatic heterocycles. The van der Waals surface area contributed by atoms with Gasteiger partial charge in [-0.3, -0.25) is 0 Å². The predicted molar refractivity (Wildman–Crippen MR) is 59.3 cm³/mol. The summed E-state index contributed by atoms with van der Waals surface area (Å²) in [7, 11) is 0. The van der Waals surface area contributed by atoms with E-state index in [0.29, 0.717) is 6.04 Å². The first-order valence-corrected chi connectivity index (χ1v) is 5.52. The van der Waals surface area contributed by atoms with Gasteiger partial charge in [0.1, 0.15) is 0 Å². The molecule has 0 bridgehead atoms. The first-order valence-electron chi connectivity index (χ1n) is 5.52. The highest BCUT2D eigenvalue weighted by molar-refractivity contribution is 5.32. The van der Waals surface area contributed by atoms with Crippen LogP contribution in [0.15, 0.2) is 24.3 Å². The van der Waals surface area contributed by atoms with Crippen molar-refractivity contribution in [1.29, 1.82) is 0 Å². The van der Waals surface area contributed by atoms with E-state index in [1.165, 1.54) is 17.5 Å². The second-order valence-electron chi connectivity index (χ2n) is 4.50. The number of nitrogens with zero attached hydrogens (tertiary/aromatic N) is 1. The first kappa shape index (κ1) is 9.72. The average molecular weight is 188 g/mol. The minimum absolute atomic E-state index is 0.458. The first-order chi connectivity index (χ1) is 6.77. The molecule has 75 valence electrons. The van der Waals surface area contributed by atoms with Gasteiger partial charge in [-0.25, -0.2) is 5.32 Å². The maximum absolute atomic E-state index is 4.71. The lowest BCUT2D eigenvalue weighted by Gasteiger charge is -2.26. The van der Waals surface area contributed by atoms with Crippen molar-refractivity contribution < 1.29 is 0 Å². The summed E-state index contributed by atoms with van der Waals surface area (Å²) in [5.41, 5.74) is 2.97. The van der Waals surface area contributed by atoms with Crippen LogP contribution in [0.3, 0.4) is 0 Å². The molecular weight excluding hydrogens is 170 g/mol. The van der Waals surface area contributed by atoms with Crippen LogP contribution in [0.5, 0.6) is 0 Å². The van der Waals surface area contributed by atoms with Crippen molar-refractivity contribution in [2.45, 2.75) is 32.7 Å². The Hall–Kier alpha value is -0.820. The molecule has 0 aromatic heterocycles. The standard InChI is InChI=1S/C13H18N/c1-10(2)9-13-12-6-4-3-5-11(12)7-8-14-13/h3-6,10,13H,7-9H2,1-2H3. The van der Waals surface area contributed by atoms with Gasteiger partial charge < -0.3 is 0 Å². The molecule has 0 saturated carbocycles. The third-order valence-electron chi connectivity index (χ3n) is 2.84. The topological polar surface area (TPSA) is 14.1 Å². The zero-order valence-corrected chi connectivity index (χ0v) is 9.03. The molecule has 1 aromatic rings. The van der Waals surface area contributed by atoms with Gasteiger partial charge in [0, 0.05) is 6.54 Å². The summed E-state index contributed by atoms with van der Waals surface area (Å²) in [6, 6.07) is 9.21. The van der Waals surface area contributed by atoms with Crippen molar-refractivity contribution >= 4 is 0 Å². The van der Waals surface area contributed by atoms with Gasteiger partial charge in [-0.05, 0) is 29.9 Å². The molecule has 1 aromatic carbocycles. The second kappa shape index (κ2) is 4.14. The summed E-state index contributed by atoms with van der Waals surface area (Å²) >= 11 is 0. The molecule has 0 aliphatic carbocycles. The van der Waals surface area contributed by atoms with E-state index in [1.54, 1.807) is 0 Å². The third-order valence-corrected chi connectivity index (χ3v) is 2.84. The van der Waals surface area contributed by atoms with Crippen molar-refractivity contribution in [1.82, 2.24) is 5.32 Å². The molecule has 1 heteroatoms. The van der Waals surface area contributed by atoms with Gasteiger partial charge in [-0.2, -0.15) is 0 Å². The van der Waals surface area contributed by atoms with Gasteiger partial charge in [0.25, 0.3) is 0 Å². The summed E-state index contributed by atoms with van der Waals surface area (Å²) in [5.74, 6) is 0.731. The smallest absolute Gasteiger partial charge is 0.0500 e. The van der Waals surface area contributed by atoms with Crippen LogP contribution < -0.4 is 5.32 Å². The van der Waals surface area contributed by atoms with E-state index in [9.17, 15) is 0 Å². The van der Waals surface area contributed by atoms with Crippen LogP contribution in [0.25, 0.3) is 0 Å². The Morgan fingerprint density at radius 2 is 2.14 bits per heavy atom. The molecule has 0 amide bonds. The summed E-state index contributed by atoms with van der Waals surface area (Å²) in [6.45, 7) is 5.55. The largest absolute Gasteiger partial charge is 0.233 e. The molecule has 1 atom stereocenters. The Morgan fingerprint density at radius 1 is 1.36 bits per heavy atom. The molecule has 0 N–H and O–H groups in total. The number of benzene rings is 1. The Bertz CT molecular complexity index is 304. The third kappa shape index (κ3) is 1.98. The Balaban J connectivity index is 2.22. The van der Waals surface area contributed by atoms with Crippen molar-refractivity contribution in [2.75, 3.05) is 6.54 Å². The number of hydrogen-bond donors (Lipinski definition) is 0. The van der Waals surface area contributed by atoms with E-state index in [1.807, 2.05) is 0 Å². The lowest BCUT2D eigenvalue weighted by Crippen LogP contribution is -2.24. The molecule has 1 radical (unpaired) electrons. The quantitative estimate of drug-likeness (QED) is 0.677. The highest BCUT2D eigenvalue weighted by atomic mass is 14.9. The van der Waals surface area contributed by atoms with E-state index in [0.717, 1.165) is 18.9 Å². The minimum atomic E-state index is 0.458. The van der Waals surface area contributed by atoms with E-state index < -0.39 is 0 Å². The highest BCUT2D eigenvalue weighted by Crippen LogP contribution is 2.28. The van der Waals surface area contributed by atoms with Crippen LogP contribution in [0.1, 0.15) is 37.4 Å². The normalized spacial score (nSPS) is 20.9. The maximum atomic E-state index is 4.71. The zero-order chi connectivity index (χ0) is 9.97. The summed E-state index contributed by atoms with van der Waals surface area (Å²) in [4.78, 5) is 0. The molecule has 1 aliphatic rings. The molecule has 1 nitrogen and oxygen atoms in total.